The Bertz CT molecular complexity index is 865. The van der Waals surface area contributed by atoms with Gasteiger partial charge in [-0.2, -0.15) is 0 Å². The Balaban J connectivity index is 1.80. The summed E-state index contributed by atoms with van der Waals surface area (Å²) in [6.07, 6.45) is 1.60. The average Bonchev–Trinajstić information content (AvgIpc) is 3.26. The lowest BCUT2D eigenvalue weighted by molar-refractivity contribution is -0.117. The van der Waals surface area contributed by atoms with E-state index in [1.807, 2.05) is 16.7 Å². The molecule has 136 valence electrons. The van der Waals surface area contributed by atoms with Gasteiger partial charge in [0.25, 0.3) is 0 Å². The van der Waals surface area contributed by atoms with E-state index in [0.29, 0.717) is 28.3 Å². The molecule has 1 unspecified atom stereocenters. The van der Waals surface area contributed by atoms with Crippen molar-refractivity contribution in [3.05, 3.63) is 59.3 Å². The molecule has 2 N–H and O–H groups in total. The molecule has 0 aliphatic carbocycles. The summed E-state index contributed by atoms with van der Waals surface area (Å²) in [5, 5.41) is 9.14. The molecule has 0 saturated heterocycles. The van der Waals surface area contributed by atoms with Gasteiger partial charge in [-0.15, -0.1) is 10.2 Å². The number of carbonyl (C=O) groups excluding carboxylic acids is 1. The van der Waals surface area contributed by atoms with Crippen LogP contribution in [-0.2, 0) is 17.9 Å². The molecule has 2 heterocycles. The van der Waals surface area contributed by atoms with Crippen LogP contribution < -0.4 is 10.5 Å². The third-order valence-electron chi connectivity index (χ3n) is 3.55. The highest BCUT2D eigenvalue weighted by molar-refractivity contribution is 8.00. The number of nitrogens with zero attached hydrogens (tertiary/aromatic N) is 3. The summed E-state index contributed by atoms with van der Waals surface area (Å²) < 4.78 is 13.0. The smallest absolute Gasteiger partial charge is 0.230 e. The minimum absolute atomic E-state index is 0.209. The van der Waals surface area contributed by atoms with Crippen LogP contribution in [0.15, 0.2) is 52.2 Å². The summed E-state index contributed by atoms with van der Waals surface area (Å²) >= 11 is 7.12. The van der Waals surface area contributed by atoms with Crippen LogP contribution in [0.25, 0.3) is 0 Å². The number of carbonyl (C=O) groups is 1. The van der Waals surface area contributed by atoms with Gasteiger partial charge in [0.05, 0.1) is 18.1 Å². The molecule has 1 amide bonds. The molecule has 0 bridgehead atoms. The van der Waals surface area contributed by atoms with E-state index in [2.05, 4.69) is 10.2 Å². The normalized spacial score (nSPS) is 12.1. The Kier molecular flexibility index (Phi) is 5.85. The first-order valence-corrected chi connectivity index (χ1v) is 9.07. The maximum Gasteiger partial charge on any atom is 0.230 e. The molecular formula is C17H17ClN4O3S. The second-order valence-electron chi connectivity index (χ2n) is 5.47. The molecular weight excluding hydrogens is 376 g/mol. The predicted octanol–water partition coefficient (Wildman–Crippen LogP) is 3.12. The fourth-order valence-electron chi connectivity index (χ4n) is 2.13. The maximum atomic E-state index is 11.4. The van der Waals surface area contributed by atoms with Crippen LogP contribution in [0.3, 0.4) is 0 Å². The van der Waals surface area contributed by atoms with Crippen LogP contribution in [0.2, 0.25) is 5.02 Å². The number of thioether (sulfide) groups is 1. The van der Waals surface area contributed by atoms with Crippen molar-refractivity contribution in [2.45, 2.75) is 30.5 Å². The highest BCUT2D eigenvalue weighted by Gasteiger charge is 2.19. The van der Waals surface area contributed by atoms with Crippen LogP contribution in [0, 0.1) is 0 Å². The summed E-state index contributed by atoms with van der Waals surface area (Å²) in [6.45, 7) is 2.36. The van der Waals surface area contributed by atoms with Crippen LogP contribution >= 0.6 is 23.4 Å². The van der Waals surface area contributed by atoms with Gasteiger partial charge in [-0.25, -0.2) is 0 Å². The molecule has 3 rings (SSSR count). The topological polar surface area (TPSA) is 96.2 Å². The second kappa shape index (κ2) is 8.29. The third kappa shape index (κ3) is 4.59. The van der Waals surface area contributed by atoms with Crippen molar-refractivity contribution in [3.8, 4) is 5.75 Å². The fraction of sp³-hybridized carbons (Fsp3) is 0.235. The number of amides is 1. The van der Waals surface area contributed by atoms with E-state index >= 15 is 0 Å². The number of furan rings is 1. The quantitative estimate of drug-likeness (QED) is 0.591. The van der Waals surface area contributed by atoms with Crippen molar-refractivity contribution in [1.82, 2.24) is 14.8 Å². The molecule has 0 spiro atoms. The van der Waals surface area contributed by atoms with Gasteiger partial charge in [0, 0.05) is 5.02 Å². The van der Waals surface area contributed by atoms with Gasteiger partial charge in [0.1, 0.15) is 18.1 Å². The number of halogens is 1. The minimum Gasteiger partial charge on any atom is -0.486 e. The number of primary amides is 1. The third-order valence-corrected chi connectivity index (χ3v) is 4.90. The van der Waals surface area contributed by atoms with E-state index in [9.17, 15) is 4.79 Å². The molecule has 0 radical (unpaired) electrons. The Morgan fingerprint density at radius 2 is 2.12 bits per heavy atom. The molecule has 1 atom stereocenters. The summed E-state index contributed by atoms with van der Waals surface area (Å²) in [6, 6.07) is 10.7. The van der Waals surface area contributed by atoms with Crippen LogP contribution in [0.4, 0.5) is 0 Å². The Hall–Kier alpha value is -2.45. The Morgan fingerprint density at radius 3 is 2.77 bits per heavy atom. The number of aromatic nitrogens is 3. The van der Waals surface area contributed by atoms with Gasteiger partial charge in [0.15, 0.2) is 11.0 Å². The minimum atomic E-state index is -0.431. The monoisotopic (exact) mass is 392 g/mol. The maximum absolute atomic E-state index is 11.4. The molecule has 3 aromatic rings. The number of rotatable bonds is 8. The highest BCUT2D eigenvalue weighted by atomic mass is 35.5. The van der Waals surface area contributed by atoms with Gasteiger partial charge in [0.2, 0.25) is 5.91 Å². The van der Waals surface area contributed by atoms with E-state index in [-0.39, 0.29) is 6.61 Å². The first-order chi connectivity index (χ1) is 12.5. The van der Waals surface area contributed by atoms with E-state index in [1.54, 1.807) is 37.5 Å². The Labute approximate surface area is 159 Å². The van der Waals surface area contributed by atoms with E-state index in [1.165, 1.54) is 11.8 Å². The predicted molar refractivity (Wildman–Crippen MR) is 98.1 cm³/mol. The number of hydrogen-bond acceptors (Lipinski definition) is 6. The molecule has 7 nitrogen and oxygen atoms in total. The lowest BCUT2D eigenvalue weighted by Crippen LogP contribution is -2.23. The number of nitrogens with two attached hydrogens (primary N) is 1. The van der Waals surface area contributed by atoms with Gasteiger partial charge in [-0.05, 0) is 43.3 Å². The van der Waals surface area contributed by atoms with Gasteiger partial charge in [-0.1, -0.05) is 23.4 Å². The number of hydrogen-bond donors (Lipinski definition) is 1. The van der Waals surface area contributed by atoms with Gasteiger partial charge in [-0.3, -0.25) is 9.36 Å². The first-order valence-electron chi connectivity index (χ1n) is 7.81. The zero-order valence-corrected chi connectivity index (χ0v) is 15.5. The van der Waals surface area contributed by atoms with E-state index in [4.69, 9.17) is 26.5 Å². The molecule has 0 aliphatic rings. The van der Waals surface area contributed by atoms with Crippen molar-refractivity contribution in [2.75, 3.05) is 0 Å². The van der Waals surface area contributed by atoms with Crippen molar-refractivity contribution in [3.63, 3.8) is 0 Å². The number of benzene rings is 1. The molecule has 26 heavy (non-hydrogen) atoms. The second-order valence-corrected chi connectivity index (χ2v) is 7.21. The molecule has 0 aliphatic heterocycles. The number of ether oxygens (including phenoxy) is 1. The van der Waals surface area contributed by atoms with Crippen molar-refractivity contribution in [1.29, 1.82) is 0 Å². The van der Waals surface area contributed by atoms with Crippen molar-refractivity contribution >= 4 is 29.3 Å². The summed E-state index contributed by atoms with van der Waals surface area (Å²) in [5.74, 6) is 1.60. The summed E-state index contributed by atoms with van der Waals surface area (Å²) in [5.41, 5.74) is 5.35. The lowest BCUT2D eigenvalue weighted by atomic mass is 10.3. The SMILES string of the molecule is CC(Sc1nnc(COc2ccc(Cl)cc2)n1Cc1ccco1)C(N)=O. The lowest BCUT2D eigenvalue weighted by Gasteiger charge is -2.11. The van der Waals surface area contributed by atoms with Gasteiger partial charge < -0.3 is 14.9 Å². The molecule has 9 heteroatoms. The summed E-state index contributed by atoms with van der Waals surface area (Å²) in [4.78, 5) is 11.4. The van der Waals surface area contributed by atoms with Gasteiger partial charge >= 0.3 is 0 Å². The standard InChI is InChI=1S/C17H17ClN4O3S/c1-11(16(19)23)26-17-21-20-15(22(17)9-14-3-2-8-24-14)10-25-13-6-4-12(18)5-7-13/h2-8,11H,9-10H2,1H3,(H2,19,23). The molecule has 0 fully saturated rings. The zero-order valence-electron chi connectivity index (χ0n) is 14.0. The zero-order chi connectivity index (χ0) is 18.5. The molecule has 0 saturated carbocycles. The van der Waals surface area contributed by atoms with E-state index in [0.717, 1.165) is 5.76 Å². The fourth-order valence-corrected chi connectivity index (χ4v) is 3.07. The average molecular weight is 393 g/mol. The molecule has 2 aromatic heterocycles. The van der Waals surface area contributed by atoms with Crippen molar-refractivity contribution in [2.24, 2.45) is 5.73 Å². The Morgan fingerprint density at radius 1 is 1.35 bits per heavy atom. The summed E-state index contributed by atoms with van der Waals surface area (Å²) in [7, 11) is 0. The highest BCUT2D eigenvalue weighted by Crippen LogP contribution is 2.24. The largest absolute Gasteiger partial charge is 0.486 e. The first kappa shape index (κ1) is 18.3. The van der Waals surface area contributed by atoms with E-state index < -0.39 is 11.2 Å². The van der Waals surface area contributed by atoms with Crippen molar-refractivity contribution < 1.29 is 13.9 Å². The van der Waals surface area contributed by atoms with Crippen LogP contribution in [0.1, 0.15) is 18.5 Å². The van der Waals surface area contributed by atoms with Crippen LogP contribution in [0.5, 0.6) is 5.75 Å². The molecule has 1 aromatic carbocycles. The van der Waals surface area contributed by atoms with Crippen LogP contribution in [-0.4, -0.2) is 25.9 Å².